The predicted molar refractivity (Wildman–Crippen MR) is 127 cm³/mol. The third-order valence-corrected chi connectivity index (χ3v) is 5.79. The summed E-state index contributed by atoms with van der Waals surface area (Å²) >= 11 is 0. The van der Waals surface area contributed by atoms with Gasteiger partial charge in [0.15, 0.2) is 5.75 Å². The topological polar surface area (TPSA) is 94.9 Å². The highest BCUT2D eigenvalue weighted by Gasteiger charge is 2.41. The van der Waals surface area contributed by atoms with E-state index in [9.17, 15) is 40.6 Å². The fourth-order valence-electron chi connectivity index (χ4n) is 3.59. The average molecular weight is 563 g/mol. The molecule has 0 bridgehead atoms. The number of carbonyl (C=O) groups is 1. The molecule has 1 fully saturated rings. The third kappa shape index (κ3) is 7.69. The Morgan fingerprint density at radius 1 is 1.13 bits per heavy atom. The third-order valence-electron chi connectivity index (χ3n) is 5.79. The van der Waals surface area contributed by atoms with Crippen molar-refractivity contribution in [2.45, 2.75) is 37.4 Å². The van der Waals surface area contributed by atoms with Crippen LogP contribution in [0, 0.1) is 11.2 Å². The van der Waals surface area contributed by atoms with Crippen molar-refractivity contribution in [3.05, 3.63) is 65.1 Å². The minimum absolute atomic E-state index is 0.0342. The van der Waals surface area contributed by atoms with Crippen LogP contribution < -0.4 is 15.0 Å². The van der Waals surface area contributed by atoms with Gasteiger partial charge in [-0.05, 0) is 49.2 Å². The lowest BCUT2D eigenvalue weighted by Crippen LogP contribution is -2.36. The molecule has 0 aliphatic heterocycles. The molecule has 3 rings (SSSR count). The standard InChI is InChI=1S/C25H24F7N3O4/c1-35(17-4-2-16(26)3-5-17)23(37)39-22-20(8-15(24(27,28)29)9-21(22)25(30,31)32)14(12-33)13-34-6-7-38-19-10-18(36)11-19/h2-5,8-9,12-13,18-19,33-34,36H,6-7,10-11H2,1H3/b14-13+,33-12?. The van der Waals surface area contributed by atoms with Gasteiger partial charge in [-0.2, -0.15) is 26.3 Å². The number of nitrogens with one attached hydrogen (secondary N) is 2. The molecule has 0 atom stereocenters. The van der Waals surface area contributed by atoms with Gasteiger partial charge in [0.2, 0.25) is 0 Å². The maximum atomic E-state index is 13.9. The molecule has 0 spiro atoms. The van der Waals surface area contributed by atoms with Gasteiger partial charge in [0.1, 0.15) is 5.82 Å². The van der Waals surface area contributed by atoms with E-state index in [1.54, 1.807) is 0 Å². The highest BCUT2D eigenvalue weighted by Crippen LogP contribution is 2.44. The number of hydrogen-bond donors (Lipinski definition) is 3. The second-order valence-electron chi connectivity index (χ2n) is 8.62. The van der Waals surface area contributed by atoms with Crippen LogP contribution in [-0.4, -0.2) is 49.8 Å². The number of ether oxygens (including phenoxy) is 2. The quantitative estimate of drug-likeness (QED) is 0.209. The van der Waals surface area contributed by atoms with Gasteiger partial charge in [0.05, 0.1) is 29.9 Å². The number of alkyl halides is 6. The smallest absolute Gasteiger partial charge is 0.409 e. The van der Waals surface area contributed by atoms with Crippen molar-refractivity contribution < 1.29 is 50.1 Å². The largest absolute Gasteiger partial charge is 0.420 e. The summed E-state index contributed by atoms with van der Waals surface area (Å²) in [5.74, 6) is -1.89. The van der Waals surface area contributed by atoms with Crippen molar-refractivity contribution in [2.75, 3.05) is 25.1 Å². The molecule has 1 saturated carbocycles. The molecule has 39 heavy (non-hydrogen) atoms. The van der Waals surface area contributed by atoms with E-state index in [-0.39, 0.29) is 31.0 Å². The summed E-state index contributed by atoms with van der Waals surface area (Å²) in [4.78, 5) is 13.5. The molecule has 0 radical (unpaired) electrons. The lowest BCUT2D eigenvalue weighted by molar-refractivity contribution is -0.143. The Morgan fingerprint density at radius 3 is 2.31 bits per heavy atom. The Bertz CT molecular complexity index is 1210. The van der Waals surface area contributed by atoms with Crippen LogP contribution in [0.4, 0.5) is 41.2 Å². The summed E-state index contributed by atoms with van der Waals surface area (Å²) in [7, 11) is 1.11. The van der Waals surface area contributed by atoms with Gasteiger partial charge in [0.25, 0.3) is 0 Å². The molecule has 0 saturated heterocycles. The lowest BCUT2D eigenvalue weighted by Gasteiger charge is -2.31. The van der Waals surface area contributed by atoms with Crippen LogP contribution in [0.2, 0.25) is 0 Å². The van der Waals surface area contributed by atoms with E-state index in [0.717, 1.165) is 42.4 Å². The van der Waals surface area contributed by atoms with Gasteiger partial charge in [0, 0.05) is 42.8 Å². The number of benzene rings is 2. The predicted octanol–water partition coefficient (Wildman–Crippen LogP) is 5.62. The van der Waals surface area contributed by atoms with Gasteiger partial charge in [-0.25, -0.2) is 9.18 Å². The average Bonchev–Trinajstić information content (AvgIpc) is 2.83. The van der Waals surface area contributed by atoms with Gasteiger partial charge in [-0.15, -0.1) is 0 Å². The second kappa shape index (κ2) is 12.0. The van der Waals surface area contributed by atoms with E-state index in [0.29, 0.717) is 25.1 Å². The van der Waals surface area contributed by atoms with Crippen LogP contribution in [0.1, 0.15) is 29.5 Å². The number of aliphatic hydroxyl groups is 1. The van der Waals surface area contributed by atoms with Crippen molar-refractivity contribution in [2.24, 2.45) is 0 Å². The van der Waals surface area contributed by atoms with Crippen LogP contribution >= 0.6 is 0 Å². The van der Waals surface area contributed by atoms with Crippen molar-refractivity contribution in [3.63, 3.8) is 0 Å². The Labute approximate surface area is 218 Å². The molecule has 3 N–H and O–H groups in total. The van der Waals surface area contributed by atoms with E-state index < -0.39 is 58.4 Å². The maximum Gasteiger partial charge on any atom is 0.420 e. The first kappa shape index (κ1) is 29.9. The number of allylic oxidation sites excluding steroid dienone is 1. The summed E-state index contributed by atoms with van der Waals surface area (Å²) in [5.41, 5.74) is -4.78. The maximum absolute atomic E-state index is 13.9. The molecule has 2 aromatic carbocycles. The highest BCUT2D eigenvalue weighted by molar-refractivity contribution is 6.10. The van der Waals surface area contributed by atoms with E-state index in [4.69, 9.17) is 14.9 Å². The zero-order valence-electron chi connectivity index (χ0n) is 20.4. The molecular weight excluding hydrogens is 539 g/mol. The summed E-state index contributed by atoms with van der Waals surface area (Å²) in [6, 6.07) is 4.44. The van der Waals surface area contributed by atoms with Crippen LogP contribution in [0.15, 0.2) is 42.6 Å². The summed E-state index contributed by atoms with van der Waals surface area (Å²) in [5, 5.41) is 19.6. The normalized spacial score (nSPS) is 17.8. The van der Waals surface area contributed by atoms with Gasteiger partial charge >= 0.3 is 18.4 Å². The number of anilines is 1. The van der Waals surface area contributed by atoms with E-state index in [1.165, 1.54) is 0 Å². The fraction of sp³-hybridized carbons (Fsp3) is 0.360. The first-order chi connectivity index (χ1) is 18.2. The molecule has 0 heterocycles. The number of aliphatic hydroxyl groups excluding tert-OH is 1. The van der Waals surface area contributed by atoms with Crippen LogP contribution in [0.5, 0.6) is 5.75 Å². The monoisotopic (exact) mass is 563 g/mol. The van der Waals surface area contributed by atoms with E-state index >= 15 is 0 Å². The molecule has 0 unspecified atom stereocenters. The number of rotatable bonds is 9. The van der Waals surface area contributed by atoms with Crippen LogP contribution in [0.3, 0.4) is 0 Å². The minimum Gasteiger partial charge on any atom is -0.409 e. The first-order valence-electron chi connectivity index (χ1n) is 11.5. The lowest BCUT2D eigenvalue weighted by atomic mass is 9.92. The minimum atomic E-state index is -5.37. The van der Waals surface area contributed by atoms with E-state index in [1.807, 2.05) is 0 Å². The van der Waals surface area contributed by atoms with Crippen molar-refractivity contribution >= 4 is 23.6 Å². The van der Waals surface area contributed by atoms with Crippen molar-refractivity contribution in [1.82, 2.24) is 5.32 Å². The molecule has 0 aromatic heterocycles. The van der Waals surface area contributed by atoms with Crippen molar-refractivity contribution in [3.8, 4) is 5.75 Å². The van der Waals surface area contributed by atoms with Crippen molar-refractivity contribution in [1.29, 1.82) is 5.41 Å². The van der Waals surface area contributed by atoms with E-state index in [2.05, 4.69) is 5.32 Å². The zero-order valence-corrected chi connectivity index (χ0v) is 20.4. The first-order valence-corrected chi connectivity index (χ1v) is 11.5. The second-order valence-corrected chi connectivity index (χ2v) is 8.62. The summed E-state index contributed by atoms with van der Waals surface area (Å²) in [6.07, 6.45) is -10.2. The Balaban J connectivity index is 1.97. The Hall–Kier alpha value is -3.65. The van der Waals surface area contributed by atoms with Gasteiger partial charge in [-0.3, -0.25) is 4.90 Å². The SMILES string of the molecule is CN(C(=O)Oc1c(/C(C=N)=C/NCCOC2CC(O)C2)cc(C(F)(F)F)cc1C(F)(F)F)c1ccc(F)cc1. The Morgan fingerprint density at radius 2 is 1.77 bits per heavy atom. The van der Waals surface area contributed by atoms with Gasteiger partial charge in [-0.1, -0.05) is 0 Å². The number of nitrogens with zero attached hydrogens (tertiary/aromatic N) is 1. The molecule has 7 nitrogen and oxygen atoms in total. The summed E-state index contributed by atoms with van der Waals surface area (Å²) in [6.45, 7) is 0.192. The molecule has 212 valence electrons. The number of carbonyl (C=O) groups excluding carboxylic acids is 1. The molecule has 1 amide bonds. The van der Waals surface area contributed by atoms with Crippen LogP contribution in [-0.2, 0) is 17.1 Å². The van der Waals surface area contributed by atoms with Crippen LogP contribution in [0.25, 0.3) is 5.57 Å². The Kier molecular flexibility index (Phi) is 9.22. The molecule has 1 aliphatic carbocycles. The number of halogens is 7. The molecular formula is C25H24F7N3O4. The molecule has 2 aromatic rings. The summed E-state index contributed by atoms with van der Waals surface area (Å²) < 4.78 is 106. The highest BCUT2D eigenvalue weighted by atomic mass is 19.4. The van der Waals surface area contributed by atoms with Gasteiger partial charge < -0.3 is 25.3 Å². The molecule has 14 heteroatoms. The molecule has 1 aliphatic rings. The fourth-order valence-corrected chi connectivity index (χ4v) is 3.59. The number of hydrogen-bond acceptors (Lipinski definition) is 6. The zero-order chi connectivity index (χ0) is 29.0. The number of amides is 1.